The molecule has 0 amide bonds. The fraction of sp³-hybridized carbons (Fsp3) is 0.400. The molecule has 2 rings (SSSR count). The van der Waals surface area contributed by atoms with E-state index in [1.54, 1.807) is 13.3 Å². The normalized spacial score (nSPS) is 12.4. The average molecular weight is 338 g/mol. The molecule has 0 bridgehead atoms. The van der Waals surface area contributed by atoms with E-state index >= 15 is 0 Å². The molecule has 0 aliphatic carbocycles. The Balaban J connectivity index is 2.47. The van der Waals surface area contributed by atoms with Crippen LogP contribution < -0.4 is 10.1 Å². The second kappa shape index (κ2) is 6.90. The van der Waals surface area contributed by atoms with Crippen molar-refractivity contribution in [2.45, 2.75) is 26.4 Å². The van der Waals surface area contributed by atoms with Gasteiger partial charge in [-0.25, -0.2) is 0 Å². The standard InChI is InChI=1S/C15H20BrN3O/c1-4-17-14(11-6-8-12(16)9-7-11)15-13(20-3)10-18-19(15)5-2/h6-10,14,17H,4-5H2,1-3H3. The summed E-state index contributed by atoms with van der Waals surface area (Å²) in [5.74, 6) is 0.820. The zero-order valence-corrected chi connectivity index (χ0v) is 13.6. The predicted octanol–water partition coefficient (Wildman–Crippen LogP) is 3.37. The molecule has 2 aromatic rings. The molecule has 0 saturated carbocycles. The highest BCUT2D eigenvalue weighted by molar-refractivity contribution is 9.10. The second-order valence-corrected chi connectivity index (χ2v) is 5.37. The van der Waals surface area contributed by atoms with Crippen LogP contribution >= 0.6 is 15.9 Å². The van der Waals surface area contributed by atoms with Gasteiger partial charge < -0.3 is 10.1 Å². The van der Waals surface area contributed by atoms with E-state index in [0.717, 1.165) is 29.0 Å². The zero-order valence-electron chi connectivity index (χ0n) is 12.1. The largest absolute Gasteiger partial charge is 0.493 e. The third-order valence-electron chi connectivity index (χ3n) is 3.25. The van der Waals surface area contributed by atoms with Crippen LogP contribution in [-0.2, 0) is 6.54 Å². The van der Waals surface area contributed by atoms with Gasteiger partial charge in [0.1, 0.15) is 5.69 Å². The van der Waals surface area contributed by atoms with Crippen molar-refractivity contribution < 1.29 is 4.74 Å². The lowest BCUT2D eigenvalue weighted by Gasteiger charge is -2.21. The summed E-state index contributed by atoms with van der Waals surface area (Å²) in [6.45, 7) is 5.88. The van der Waals surface area contributed by atoms with Gasteiger partial charge in [-0.3, -0.25) is 4.68 Å². The van der Waals surface area contributed by atoms with Gasteiger partial charge in [0.2, 0.25) is 0 Å². The molecule has 5 heteroatoms. The fourth-order valence-corrected chi connectivity index (χ4v) is 2.57. The maximum atomic E-state index is 5.47. The second-order valence-electron chi connectivity index (χ2n) is 4.46. The first-order valence-electron chi connectivity index (χ1n) is 6.79. The third-order valence-corrected chi connectivity index (χ3v) is 3.78. The Hall–Kier alpha value is -1.33. The monoisotopic (exact) mass is 337 g/mol. The number of hydrogen-bond donors (Lipinski definition) is 1. The highest BCUT2D eigenvalue weighted by Crippen LogP contribution is 2.30. The number of benzene rings is 1. The molecule has 1 aromatic carbocycles. The molecule has 0 saturated heterocycles. The Kier molecular flexibility index (Phi) is 5.20. The molecule has 0 aliphatic rings. The van der Waals surface area contributed by atoms with Crippen molar-refractivity contribution in [1.82, 2.24) is 15.1 Å². The number of ether oxygens (including phenoxy) is 1. The quantitative estimate of drug-likeness (QED) is 0.878. The molecule has 1 unspecified atom stereocenters. The van der Waals surface area contributed by atoms with Gasteiger partial charge in [0.25, 0.3) is 0 Å². The maximum Gasteiger partial charge on any atom is 0.161 e. The first-order chi connectivity index (χ1) is 9.71. The van der Waals surface area contributed by atoms with Crippen LogP contribution in [0, 0.1) is 0 Å². The van der Waals surface area contributed by atoms with Crippen molar-refractivity contribution in [2.75, 3.05) is 13.7 Å². The smallest absolute Gasteiger partial charge is 0.161 e. The molecule has 0 spiro atoms. The molecule has 1 aromatic heterocycles. The van der Waals surface area contributed by atoms with E-state index in [2.05, 4.69) is 64.5 Å². The minimum Gasteiger partial charge on any atom is -0.493 e. The summed E-state index contributed by atoms with van der Waals surface area (Å²) in [5.41, 5.74) is 2.27. The number of methoxy groups -OCH3 is 1. The van der Waals surface area contributed by atoms with Crippen LogP contribution in [0.15, 0.2) is 34.9 Å². The number of aromatic nitrogens is 2. The number of halogens is 1. The van der Waals surface area contributed by atoms with Crippen molar-refractivity contribution in [2.24, 2.45) is 0 Å². The predicted molar refractivity (Wildman–Crippen MR) is 84.1 cm³/mol. The Bertz CT molecular complexity index is 529. The van der Waals surface area contributed by atoms with Gasteiger partial charge in [-0.05, 0) is 31.2 Å². The van der Waals surface area contributed by atoms with Crippen molar-refractivity contribution in [3.63, 3.8) is 0 Å². The lowest BCUT2D eigenvalue weighted by atomic mass is 10.0. The van der Waals surface area contributed by atoms with Crippen LogP contribution in [0.4, 0.5) is 0 Å². The lowest BCUT2D eigenvalue weighted by molar-refractivity contribution is 0.399. The van der Waals surface area contributed by atoms with E-state index in [1.807, 2.05) is 4.68 Å². The van der Waals surface area contributed by atoms with Gasteiger partial charge in [0.15, 0.2) is 5.75 Å². The summed E-state index contributed by atoms with van der Waals surface area (Å²) in [5, 5.41) is 7.91. The Morgan fingerprint density at radius 2 is 2.00 bits per heavy atom. The number of hydrogen-bond acceptors (Lipinski definition) is 3. The Morgan fingerprint density at radius 1 is 1.30 bits per heavy atom. The summed E-state index contributed by atoms with van der Waals surface area (Å²) in [6.07, 6.45) is 1.78. The average Bonchev–Trinajstić information content (AvgIpc) is 2.88. The van der Waals surface area contributed by atoms with Crippen LogP contribution in [0.2, 0.25) is 0 Å². The van der Waals surface area contributed by atoms with E-state index in [9.17, 15) is 0 Å². The molecule has 108 valence electrons. The van der Waals surface area contributed by atoms with Crippen LogP contribution in [0.3, 0.4) is 0 Å². The van der Waals surface area contributed by atoms with Gasteiger partial charge in [-0.15, -0.1) is 0 Å². The molecule has 1 heterocycles. The van der Waals surface area contributed by atoms with Crippen molar-refractivity contribution in [1.29, 1.82) is 0 Å². The Labute approximate surface area is 128 Å². The van der Waals surface area contributed by atoms with E-state index in [4.69, 9.17) is 4.74 Å². The molecule has 20 heavy (non-hydrogen) atoms. The highest BCUT2D eigenvalue weighted by atomic mass is 79.9. The Morgan fingerprint density at radius 3 is 2.55 bits per heavy atom. The van der Waals surface area contributed by atoms with E-state index in [0.29, 0.717) is 0 Å². The first kappa shape index (κ1) is 15.1. The summed E-state index contributed by atoms with van der Waals surface area (Å²) in [7, 11) is 1.69. The molecule has 0 fully saturated rings. The topological polar surface area (TPSA) is 39.1 Å². The van der Waals surface area contributed by atoms with Crippen LogP contribution in [-0.4, -0.2) is 23.4 Å². The minimum absolute atomic E-state index is 0.0745. The van der Waals surface area contributed by atoms with Gasteiger partial charge >= 0.3 is 0 Å². The van der Waals surface area contributed by atoms with Gasteiger partial charge in [0, 0.05) is 11.0 Å². The summed E-state index contributed by atoms with van der Waals surface area (Å²) < 4.78 is 8.52. The SMILES string of the molecule is CCNC(c1ccc(Br)cc1)c1c(OC)cnn1CC. The van der Waals surface area contributed by atoms with Crippen LogP contribution in [0.5, 0.6) is 5.75 Å². The summed E-state index contributed by atoms with van der Waals surface area (Å²) in [6, 6.07) is 8.41. The van der Waals surface area contributed by atoms with Crippen LogP contribution in [0.25, 0.3) is 0 Å². The molecule has 1 atom stereocenters. The summed E-state index contributed by atoms with van der Waals surface area (Å²) >= 11 is 3.48. The third kappa shape index (κ3) is 3.04. The molecular formula is C15H20BrN3O. The lowest BCUT2D eigenvalue weighted by Crippen LogP contribution is -2.25. The molecule has 0 radical (unpaired) electrons. The van der Waals surface area contributed by atoms with E-state index in [-0.39, 0.29) is 6.04 Å². The van der Waals surface area contributed by atoms with Gasteiger partial charge in [-0.1, -0.05) is 35.0 Å². The van der Waals surface area contributed by atoms with Crippen molar-refractivity contribution >= 4 is 15.9 Å². The van der Waals surface area contributed by atoms with Crippen LogP contribution in [0.1, 0.15) is 31.1 Å². The van der Waals surface area contributed by atoms with Gasteiger partial charge in [0.05, 0.1) is 19.3 Å². The minimum atomic E-state index is 0.0745. The zero-order chi connectivity index (χ0) is 14.5. The molecule has 1 N–H and O–H groups in total. The van der Waals surface area contributed by atoms with Crippen molar-refractivity contribution in [3.8, 4) is 5.75 Å². The molecule has 0 aliphatic heterocycles. The maximum absolute atomic E-state index is 5.47. The number of nitrogens with zero attached hydrogens (tertiary/aromatic N) is 2. The number of nitrogens with one attached hydrogen (secondary N) is 1. The fourth-order valence-electron chi connectivity index (χ4n) is 2.31. The number of rotatable bonds is 6. The summed E-state index contributed by atoms with van der Waals surface area (Å²) in [4.78, 5) is 0. The van der Waals surface area contributed by atoms with Gasteiger partial charge in [-0.2, -0.15) is 5.10 Å². The molecular weight excluding hydrogens is 318 g/mol. The first-order valence-corrected chi connectivity index (χ1v) is 7.59. The van der Waals surface area contributed by atoms with Crippen molar-refractivity contribution in [3.05, 3.63) is 46.2 Å². The highest BCUT2D eigenvalue weighted by Gasteiger charge is 2.22. The van der Waals surface area contributed by atoms with E-state index < -0.39 is 0 Å². The van der Waals surface area contributed by atoms with E-state index in [1.165, 1.54) is 5.56 Å². The number of aryl methyl sites for hydroxylation is 1. The molecule has 4 nitrogen and oxygen atoms in total.